The van der Waals surface area contributed by atoms with Crippen LogP contribution in [0.5, 0.6) is 0 Å². The summed E-state index contributed by atoms with van der Waals surface area (Å²) in [6.07, 6.45) is -0.149. The Kier molecular flexibility index (Phi) is 5.99. The molecule has 2 aliphatic heterocycles. The van der Waals surface area contributed by atoms with Gasteiger partial charge in [-0.1, -0.05) is 60.7 Å². The number of sulfone groups is 1. The highest BCUT2D eigenvalue weighted by atomic mass is 32.2. The molecule has 2 aliphatic rings. The second-order valence-electron chi connectivity index (χ2n) is 7.73. The minimum absolute atomic E-state index is 0.0954. The topological polar surface area (TPSA) is 78.0 Å². The number of benzene rings is 2. The van der Waals surface area contributed by atoms with Crippen molar-refractivity contribution in [1.82, 2.24) is 14.7 Å². The Balaban J connectivity index is 1.51. The molecule has 0 aromatic heterocycles. The molecule has 1 atom stereocenters. The highest BCUT2D eigenvalue weighted by Gasteiger charge is 2.40. The summed E-state index contributed by atoms with van der Waals surface area (Å²) in [4.78, 5) is 29.3. The zero-order chi connectivity index (χ0) is 21.1. The maximum atomic E-state index is 12.1. The van der Waals surface area contributed by atoms with E-state index >= 15 is 0 Å². The summed E-state index contributed by atoms with van der Waals surface area (Å²) in [5.74, 6) is -1.39. The summed E-state index contributed by atoms with van der Waals surface area (Å²) < 4.78 is 23.6. The van der Waals surface area contributed by atoms with Crippen molar-refractivity contribution in [2.24, 2.45) is 0 Å². The molecule has 0 aliphatic carbocycles. The van der Waals surface area contributed by atoms with Gasteiger partial charge < -0.3 is 4.90 Å². The van der Waals surface area contributed by atoms with Gasteiger partial charge in [-0.05, 0) is 11.1 Å². The Morgan fingerprint density at radius 1 is 0.800 bits per heavy atom. The zero-order valence-electron chi connectivity index (χ0n) is 16.6. The molecular formula is C22H25N3O4S. The van der Waals surface area contributed by atoms with E-state index < -0.39 is 27.7 Å². The Morgan fingerprint density at radius 3 is 1.73 bits per heavy atom. The third-order valence-electron chi connectivity index (χ3n) is 5.76. The van der Waals surface area contributed by atoms with Gasteiger partial charge in [-0.2, -0.15) is 0 Å². The summed E-state index contributed by atoms with van der Waals surface area (Å²) in [6.45, 7) is 2.55. The first-order chi connectivity index (χ1) is 14.5. The Morgan fingerprint density at radius 2 is 1.30 bits per heavy atom. The summed E-state index contributed by atoms with van der Waals surface area (Å²) >= 11 is 0. The van der Waals surface area contributed by atoms with E-state index in [-0.39, 0.29) is 11.9 Å². The zero-order valence-corrected chi connectivity index (χ0v) is 17.4. The SMILES string of the molecule is O=CC(N1CCN(C(c2ccccc2)c2ccccc2)CC1)N1CS(=O)(=O)CC1=O. The largest absolute Gasteiger partial charge is 0.305 e. The van der Waals surface area contributed by atoms with E-state index in [0.29, 0.717) is 32.5 Å². The van der Waals surface area contributed by atoms with Gasteiger partial charge in [0, 0.05) is 26.2 Å². The number of piperazine rings is 1. The summed E-state index contributed by atoms with van der Waals surface area (Å²) in [6, 6.07) is 20.7. The molecule has 0 spiro atoms. The molecule has 158 valence electrons. The quantitative estimate of drug-likeness (QED) is 0.644. The number of amides is 1. The Hall–Kier alpha value is -2.55. The number of carbonyl (C=O) groups is 2. The summed E-state index contributed by atoms with van der Waals surface area (Å²) in [7, 11) is -3.45. The van der Waals surface area contributed by atoms with Gasteiger partial charge in [-0.3, -0.25) is 19.4 Å². The van der Waals surface area contributed by atoms with Gasteiger partial charge in [0.15, 0.2) is 16.1 Å². The van der Waals surface area contributed by atoms with E-state index in [2.05, 4.69) is 29.2 Å². The number of carbonyl (C=O) groups excluding carboxylic acids is 2. The molecule has 0 radical (unpaired) electrons. The fourth-order valence-electron chi connectivity index (χ4n) is 4.33. The van der Waals surface area contributed by atoms with Crippen molar-refractivity contribution in [3.05, 3.63) is 71.8 Å². The summed E-state index contributed by atoms with van der Waals surface area (Å²) in [5, 5.41) is 0. The second-order valence-corrected chi connectivity index (χ2v) is 9.76. The van der Waals surface area contributed by atoms with Crippen molar-refractivity contribution in [2.45, 2.75) is 12.2 Å². The molecule has 8 heteroatoms. The maximum absolute atomic E-state index is 12.1. The first-order valence-electron chi connectivity index (χ1n) is 10.0. The first kappa shape index (κ1) is 20.7. The normalized spacial score (nSPS) is 21.1. The molecule has 0 saturated carbocycles. The van der Waals surface area contributed by atoms with Crippen LogP contribution < -0.4 is 0 Å². The molecule has 30 heavy (non-hydrogen) atoms. The van der Waals surface area contributed by atoms with Crippen molar-refractivity contribution in [1.29, 1.82) is 0 Å². The van der Waals surface area contributed by atoms with Crippen LogP contribution >= 0.6 is 0 Å². The minimum atomic E-state index is -3.45. The molecule has 4 rings (SSSR count). The van der Waals surface area contributed by atoms with Crippen LogP contribution in [0.1, 0.15) is 17.2 Å². The average molecular weight is 428 g/mol. The molecule has 2 aromatic carbocycles. The van der Waals surface area contributed by atoms with E-state index in [4.69, 9.17) is 0 Å². The van der Waals surface area contributed by atoms with Crippen LogP contribution in [0.4, 0.5) is 0 Å². The number of aldehydes is 1. The Bertz CT molecular complexity index is 950. The monoisotopic (exact) mass is 427 g/mol. The van der Waals surface area contributed by atoms with Crippen molar-refractivity contribution in [3.8, 4) is 0 Å². The molecule has 7 nitrogen and oxygen atoms in total. The van der Waals surface area contributed by atoms with Crippen molar-refractivity contribution >= 4 is 22.0 Å². The fraction of sp³-hybridized carbons (Fsp3) is 0.364. The highest BCUT2D eigenvalue weighted by Crippen LogP contribution is 2.30. The van der Waals surface area contributed by atoms with Gasteiger partial charge in [0.1, 0.15) is 17.8 Å². The van der Waals surface area contributed by atoms with E-state index in [9.17, 15) is 18.0 Å². The number of hydrogen-bond donors (Lipinski definition) is 0. The van der Waals surface area contributed by atoms with E-state index in [1.165, 1.54) is 16.0 Å². The minimum Gasteiger partial charge on any atom is -0.305 e. The standard InChI is InChI=1S/C22H25N3O4S/c26-15-20(25-17-30(28,29)16-21(25)27)23-11-13-24(14-12-23)22(18-7-3-1-4-8-18)19-9-5-2-6-10-19/h1-10,15,20,22H,11-14,16-17H2. The molecule has 2 heterocycles. The van der Waals surface area contributed by atoms with Crippen LogP contribution in [0.2, 0.25) is 0 Å². The highest BCUT2D eigenvalue weighted by molar-refractivity contribution is 7.92. The van der Waals surface area contributed by atoms with Crippen LogP contribution in [-0.4, -0.2) is 79.3 Å². The lowest BCUT2D eigenvalue weighted by Gasteiger charge is -2.43. The van der Waals surface area contributed by atoms with Crippen molar-refractivity contribution in [3.63, 3.8) is 0 Å². The van der Waals surface area contributed by atoms with Gasteiger partial charge in [0.05, 0.1) is 6.04 Å². The van der Waals surface area contributed by atoms with Crippen LogP contribution in [0, 0.1) is 0 Å². The van der Waals surface area contributed by atoms with Crippen LogP contribution in [0.3, 0.4) is 0 Å². The van der Waals surface area contributed by atoms with Gasteiger partial charge in [0.2, 0.25) is 5.91 Å². The Labute approximate surface area is 176 Å². The van der Waals surface area contributed by atoms with Crippen molar-refractivity contribution in [2.75, 3.05) is 37.8 Å². The molecule has 1 unspecified atom stereocenters. The number of hydrogen-bond acceptors (Lipinski definition) is 6. The van der Waals surface area contributed by atoms with Gasteiger partial charge in [0.25, 0.3) is 0 Å². The van der Waals surface area contributed by atoms with Crippen LogP contribution in [0.15, 0.2) is 60.7 Å². The van der Waals surface area contributed by atoms with Gasteiger partial charge >= 0.3 is 0 Å². The third kappa shape index (κ3) is 4.30. The lowest BCUT2D eigenvalue weighted by molar-refractivity contribution is -0.138. The average Bonchev–Trinajstić information content (AvgIpc) is 3.03. The molecule has 2 fully saturated rings. The smallest absolute Gasteiger partial charge is 0.240 e. The van der Waals surface area contributed by atoms with Crippen LogP contribution in [0.25, 0.3) is 0 Å². The maximum Gasteiger partial charge on any atom is 0.240 e. The fourth-order valence-corrected chi connectivity index (χ4v) is 5.68. The second kappa shape index (κ2) is 8.67. The third-order valence-corrected chi connectivity index (χ3v) is 7.12. The number of rotatable bonds is 6. The van der Waals surface area contributed by atoms with Crippen molar-refractivity contribution < 1.29 is 18.0 Å². The predicted molar refractivity (Wildman–Crippen MR) is 113 cm³/mol. The molecule has 0 bridgehead atoms. The molecule has 2 saturated heterocycles. The lowest BCUT2D eigenvalue weighted by atomic mass is 9.96. The lowest BCUT2D eigenvalue weighted by Crippen LogP contribution is -2.57. The van der Waals surface area contributed by atoms with Gasteiger partial charge in [-0.25, -0.2) is 8.42 Å². The number of nitrogens with zero attached hydrogens (tertiary/aromatic N) is 3. The van der Waals surface area contributed by atoms with E-state index in [0.717, 1.165) is 0 Å². The molecule has 2 aromatic rings. The molecular weight excluding hydrogens is 402 g/mol. The van der Waals surface area contributed by atoms with Crippen LogP contribution in [-0.2, 0) is 19.4 Å². The molecule has 0 N–H and O–H groups in total. The molecule has 1 amide bonds. The van der Waals surface area contributed by atoms with Gasteiger partial charge in [-0.15, -0.1) is 0 Å². The van der Waals surface area contributed by atoms with E-state index in [1.807, 2.05) is 41.3 Å². The first-order valence-corrected chi connectivity index (χ1v) is 11.8. The summed E-state index contributed by atoms with van der Waals surface area (Å²) in [5.41, 5.74) is 2.40. The predicted octanol–water partition coefficient (Wildman–Crippen LogP) is 1.13. The van der Waals surface area contributed by atoms with E-state index in [1.54, 1.807) is 0 Å².